The van der Waals surface area contributed by atoms with Gasteiger partial charge in [-0.3, -0.25) is 4.90 Å². The fraction of sp³-hybridized carbons (Fsp3) is 0.750. The van der Waals surface area contributed by atoms with Gasteiger partial charge in [0, 0.05) is 32.2 Å². The largest absolute Gasteiger partial charge is 0.314 e. The summed E-state index contributed by atoms with van der Waals surface area (Å²) in [6.45, 7) is 6.96. The van der Waals surface area contributed by atoms with E-state index in [4.69, 9.17) is 0 Å². The second kappa shape index (κ2) is 2.36. The van der Waals surface area contributed by atoms with Crippen molar-refractivity contribution in [1.82, 2.24) is 10.2 Å². The van der Waals surface area contributed by atoms with Crippen LogP contribution in [0.4, 0.5) is 0 Å². The normalized spacial score (nSPS) is 33.7. The van der Waals surface area contributed by atoms with Gasteiger partial charge in [-0.1, -0.05) is 11.6 Å². The molecule has 56 valence electrons. The van der Waals surface area contributed by atoms with Crippen molar-refractivity contribution in [2.24, 2.45) is 0 Å². The molecule has 2 aliphatic heterocycles. The Bertz CT molecular complexity index is 163. The van der Waals surface area contributed by atoms with Crippen molar-refractivity contribution in [2.75, 3.05) is 26.2 Å². The fourth-order valence-corrected chi connectivity index (χ4v) is 1.83. The lowest BCUT2D eigenvalue weighted by molar-refractivity contribution is 0.227. The average Bonchev–Trinajstić information content (AvgIpc) is 2.27. The third-order valence-corrected chi connectivity index (χ3v) is 2.33. The highest BCUT2D eigenvalue weighted by Gasteiger charge is 2.24. The maximum atomic E-state index is 3.39. The highest BCUT2D eigenvalue weighted by atomic mass is 15.2. The lowest BCUT2D eigenvalue weighted by atomic mass is 10.2. The summed E-state index contributed by atoms with van der Waals surface area (Å²) in [6, 6.07) is 0.703. The topological polar surface area (TPSA) is 15.3 Å². The van der Waals surface area contributed by atoms with E-state index in [2.05, 4.69) is 23.2 Å². The molecular weight excluding hydrogens is 124 g/mol. The zero-order chi connectivity index (χ0) is 6.97. The standard InChI is InChI=1S/C8H14N2/c1-7-4-8-5-9-2-3-10(8)6-7/h4,8-9H,2-3,5-6H2,1H3. The molecule has 1 atom stereocenters. The highest BCUT2D eigenvalue weighted by molar-refractivity contribution is 5.15. The van der Waals surface area contributed by atoms with Gasteiger partial charge in [-0.2, -0.15) is 0 Å². The van der Waals surface area contributed by atoms with Crippen LogP contribution in [-0.4, -0.2) is 37.1 Å². The second-order valence-electron chi connectivity index (χ2n) is 3.25. The van der Waals surface area contributed by atoms with E-state index in [0.717, 1.165) is 13.1 Å². The molecule has 0 amide bonds. The number of rotatable bonds is 0. The maximum Gasteiger partial charge on any atom is 0.0410 e. The van der Waals surface area contributed by atoms with E-state index in [1.54, 1.807) is 0 Å². The van der Waals surface area contributed by atoms with Gasteiger partial charge in [0.1, 0.15) is 0 Å². The molecule has 0 aromatic carbocycles. The summed E-state index contributed by atoms with van der Waals surface area (Å²) in [7, 11) is 0. The number of nitrogens with zero attached hydrogens (tertiary/aromatic N) is 1. The first-order valence-electron chi connectivity index (χ1n) is 3.98. The smallest absolute Gasteiger partial charge is 0.0410 e. The summed E-state index contributed by atoms with van der Waals surface area (Å²) in [5, 5.41) is 3.39. The molecule has 0 aromatic heterocycles. The SMILES string of the molecule is CC1=CC2CNCCN2C1. The third-order valence-electron chi connectivity index (χ3n) is 2.33. The van der Waals surface area contributed by atoms with Crippen molar-refractivity contribution >= 4 is 0 Å². The Hall–Kier alpha value is -0.340. The minimum absolute atomic E-state index is 0.703. The average molecular weight is 138 g/mol. The molecule has 0 spiro atoms. The van der Waals surface area contributed by atoms with E-state index in [1.165, 1.54) is 18.7 Å². The Balaban J connectivity index is 2.06. The van der Waals surface area contributed by atoms with E-state index in [9.17, 15) is 0 Å². The van der Waals surface area contributed by atoms with Crippen molar-refractivity contribution in [3.63, 3.8) is 0 Å². The molecule has 2 heteroatoms. The second-order valence-corrected chi connectivity index (χ2v) is 3.25. The number of hydrogen-bond donors (Lipinski definition) is 1. The molecule has 0 bridgehead atoms. The zero-order valence-electron chi connectivity index (χ0n) is 6.43. The predicted octanol–water partition coefficient (Wildman–Crippen LogP) is 0.220. The summed E-state index contributed by atoms with van der Waals surface area (Å²) < 4.78 is 0. The van der Waals surface area contributed by atoms with Gasteiger partial charge in [0.05, 0.1) is 0 Å². The van der Waals surface area contributed by atoms with Crippen LogP contribution in [0.25, 0.3) is 0 Å². The Kier molecular flexibility index (Phi) is 1.51. The molecule has 2 rings (SSSR count). The van der Waals surface area contributed by atoms with Gasteiger partial charge in [0.25, 0.3) is 0 Å². The van der Waals surface area contributed by atoms with Crippen molar-refractivity contribution in [1.29, 1.82) is 0 Å². The quantitative estimate of drug-likeness (QED) is 0.482. The first-order chi connectivity index (χ1) is 4.86. The maximum absolute atomic E-state index is 3.39. The van der Waals surface area contributed by atoms with E-state index in [0.29, 0.717) is 6.04 Å². The molecule has 0 aliphatic carbocycles. The van der Waals surface area contributed by atoms with Crippen molar-refractivity contribution in [2.45, 2.75) is 13.0 Å². The molecule has 1 unspecified atom stereocenters. The van der Waals surface area contributed by atoms with Gasteiger partial charge in [-0.05, 0) is 6.92 Å². The van der Waals surface area contributed by atoms with Crippen LogP contribution in [0, 0.1) is 0 Å². The van der Waals surface area contributed by atoms with Crippen LogP contribution in [0.2, 0.25) is 0 Å². The Labute approximate surface area is 61.9 Å². The highest BCUT2D eigenvalue weighted by Crippen LogP contribution is 2.16. The van der Waals surface area contributed by atoms with Crippen LogP contribution in [0.3, 0.4) is 0 Å². The lowest BCUT2D eigenvalue weighted by Gasteiger charge is -2.29. The van der Waals surface area contributed by atoms with E-state index in [-0.39, 0.29) is 0 Å². The van der Waals surface area contributed by atoms with Crippen LogP contribution >= 0.6 is 0 Å². The molecule has 0 radical (unpaired) electrons. The van der Waals surface area contributed by atoms with Gasteiger partial charge in [-0.15, -0.1) is 0 Å². The molecular formula is C8H14N2. The molecule has 10 heavy (non-hydrogen) atoms. The van der Waals surface area contributed by atoms with E-state index in [1.807, 2.05) is 0 Å². The number of piperazine rings is 1. The zero-order valence-corrected chi connectivity index (χ0v) is 6.43. The predicted molar refractivity (Wildman–Crippen MR) is 42.0 cm³/mol. The van der Waals surface area contributed by atoms with Crippen LogP contribution in [0.5, 0.6) is 0 Å². The first kappa shape index (κ1) is 6.38. The van der Waals surface area contributed by atoms with E-state index < -0.39 is 0 Å². The molecule has 0 aromatic rings. The third kappa shape index (κ3) is 0.976. The van der Waals surface area contributed by atoms with Crippen molar-refractivity contribution < 1.29 is 0 Å². The lowest BCUT2D eigenvalue weighted by Crippen LogP contribution is -2.47. The van der Waals surface area contributed by atoms with Crippen LogP contribution in [0.15, 0.2) is 11.6 Å². The van der Waals surface area contributed by atoms with Gasteiger partial charge in [-0.25, -0.2) is 0 Å². The monoisotopic (exact) mass is 138 g/mol. The molecule has 2 aliphatic rings. The van der Waals surface area contributed by atoms with E-state index >= 15 is 0 Å². The summed E-state index contributed by atoms with van der Waals surface area (Å²) >= 11 is 0. The molecule has 1 N–H and O–H groups in total. The van der Waals surface area contributed by atoms with Gasteiger partial charge < -0.3 is 5.32 Å². The van der Waals surface area contributed by atoms with Crippen molar-refractivity contribution in [3.05, 3.63) is 11.6 Å². The number of fused-ring (bicyclic) bond motifs is 1. The fourth-order valence-electron chi connectivity index (χ4n) is 1.83. The first-order valence-corrected chi connectivity index (χ1v) is 3.98. The molecule has 1 saturated heterocycles. The molecule has 1 fully saturated rings. The van der Waals surface area contributed by atoms with Crippen molar-refractivity contribution in [3.8, 4) is 0 Å². The Morgan fingerprint density at radius 3 is 3.40 bits per heavy atom. The minimum Gasteiger partial charge on any atom is -0.314 e. The molecule has 0 saturated carbocycles. The van der Waals surface area contributed by atoms with Crippen LogP contribution in [0.1, 0.15) is 6.92 Å². The summed E-state index contributed by atoms with van der Waals surface area (Å²) in [4.78, 5) is 2.53. The number of hydrogen-bond acceptors (Lipinski definition) is 2. The van der Waals surface area contributed by atoms with Crippen LogP contribution in [-0.2, 0) is 0 Å². The minimum atomic E-state index is 0.703. The van der Waals surface area contributed by atoms with Gasteiger partial charge in [0.15, 0.2) is 0 Å². The molecule has 2 nitrogen and oxygen atoms in total. The van der Waals surface area contributed by atoms with Gasteiger partial charge in [0.2, 0.25) is 0 Å². The van der Waals surface area contributed by atoms with Crippen LogP contribution < -0.4 is 5.32 Å². The van der Waals surface area contributed by atoms with Gasteiger partial charge >= 0.3 is 0 Å². The number of nitrogens with one attached hydrogen (secondary N) is 1. The summed E-state index contributed by atoms with van der Waals surface area (Å²) in [5.74, 6) is 0. The summed E-state index contributed by atoms with van der Waals surface area (Å²) in [5.41, 5.74) is 1.54. The Morgan fingerprint density at radius 2 is 2.60 bits per heavy atom. The summed E-state index contributed by atoms with van der Waals surface area (Å²) in [6.07, 6.45) is 2.38. The molecule has 2 heterocycles. The Morgan fingerprint density at radius 1 is 1.70 bits per heavy atom.